The van der Waals surface area contributed by atoms with Gasteiger partial charge in [0.1, 0.15) is 11.6 Å². The lowest BCUT2D eigenvalue weighted by Gasteiger charge is -2.06. The molecule has 116 valence electrons. The molecule has 0 atom stereocenters. The monoisotopic (exact) mass is 324 g/mol. The summed E-state index contributed by atoms with van der Waals surface area (Å²) in [6.07, 6.45) is 0. The van der Waals surface area contributed by atoms with Gasteiger partial charge in [-0.05, 0) is 38.1 Å². The van der Waals surface area contributed by atoms with Gasteiger partial charge in [-0.2, -0.15) is 18.4 Å². The third kappa shape index (κ3) is 3.67. The fourth-order valence-electron chi connectivity index (χ4n) is 1.74. The molecule has 0 saturated heterocycles. The molecular formula is C15H14F2N2O2S. The van der Waals surface area contributed by atoms with Gasteiger partial charge in [0.25, 0.3) is 10.0 Å². The Morgan fingerprint density at radius 2 is 1.73 bits per heavy atom. The Labute approximate surface area is 127 Å². The van der Waals surface area contributed by atoms with E-state index in [2.05, 4.69) is 5.10 Å². The summed E-state index contributed by atoms with van der Waals surface area (Å²) in [6, 6.07) is 9.19. The number of nitrogens with zero attached hydrogens (tertiary/aromatic N) is 1. The highest BCUT2D eigenvalue weighted by Crippen LogP contribution is 2.12. The Bertz CT molecular complexity index is 816. The Balaban J connectivity index is 2.24. The minimum absolute atomic E-state index is 0.0213. The van der Waals surface area contributed by atoms with E-state index in [1.54, 1.807) is 12.1 Å². The van der Waals surface area contributed by atoms with Crippen molar-refractivity contribution in [3.8, 4) is 0 Å². The maximum absolute atomic E-state index is 13.6. The van der Waals surface area contributed by atoms with Crippen LogP contribution in [0, 0.1) is 18.6 Å². The van der Waals surface area contributed by atoms with Crippen LogP contribution in [-0.4, -0.2) is 14.1 Å². The van der Waals surface area contributed by atoms with Crippen molar-refractivity contribution in [2.24, 2.45) is 5.10 Å². The zero-order valence-corrected chi connectivity index (χ0v) is 12.8. The fourth-order valence-corrected chi connectivity index (χ4v) is 2.60. The van der Waals surface area contributed by atoms with Crippen LogP contribution >= 0.6 is 0 Å². The van der Waals surface area contributed by atoms with Crippen LogP contribution in [0.2, 0.25) is 0 Å². The predicted octanol–water partition coefficient (Wildman–Crippen LogP) is 2.98. The van der Waals surface area contributed by atoms with Crippen LogP contribution in [0.5, 0.6) is 0 Å². The van der Waals surface area contributed by atoms with Crippen molar-refractivity contribution in [2.75, 3.05) is 0 Å². The van der Waals surface area contributed by atoms with E-state index in [9.17, 15) is 17.2 Å². The molecule has 0 unspecified atom stereocenters. The van der Waals surface area contributed by atoms with Gasteiger partial charge < -0.3 is 0 Å². The van der Waals surface area contributed by atoms with Gasteiger partial charge in [-0.15, -0.1) is 0 Å². The second-order valence-corrected chi connectivity index (χ2v) is 6.39. The van der Waals surface area contributed by atoms with Crippen LogP contribution in [0.4, 0.5) is 8.78 Å². The van der Waals surface area contributed by atoms with E-state index in [1.807, 2.05) is 11.8 Å². The third-order valence-electron chi connectivity index (χ3n) is 2.99. The molecule has 0 aromatic heterocycles. The van der Waals surface area contributed by atoms with Gasteiger partial charge in [0.15, 0.2) is 0 Å². The molecule has 0 aliphatic rings. The highest BCUT2D eigenvalue weighted by atomic mass is 32.2. The molecule has 7 heteroatoms. The third-order valence-corrected chi connectivity index (χ3v) is 4.21. The highest BCUT2D eigenvalue weighted by molar-refractivity contribution is 7.89. The van der Waals surface area contributed by atoms with Gasteiger partial charge in [0, 0.05) is 11.6 Å². The highest BCUT2D eigenvalue weighted by Gasteiger charge is 2.13. The first-order chi connectivity index (χ1) is 10.3. The maximum atomic E-state index is 13.6. The maximum Gasteiger partial charge on any atom is 0.276 e. The average Bonchev–Trinajstić information content (AvgIpc) is 2.45. The lowest BCUT2D eigenvalue weighted by Crippen LogP contribution is -2.20. The topological polar surface area (TPSA) is 58.5 Å². The first-order valence-electron chi connectivity index (χ1n) is 6.38. The van der Waals surface area contributed by atoms with Crippen LogP contribution < -0.4 is 4.83 Å². The summed E-state index contributed by atoms with van der Waals surface area (Å²) in [5, 5.41) is 3.67. The van der Waals surface area contributed by atoms with Gasteiger partial charge in [0.2, 0.25) is 0 Å². The molecule has 0 amide bonds. The van der Waals surface area contributed by atoms with Gasteiger partial charge >= 0.3 is 0 Å². The van der Waals surface area contributed by atoms with Crippen molar-refractivity contribution in [3.05, 3.63) is 65.2 Å². The van der Waals surface area contributed by atoms with Gasteiger partial charge in [-0.1, -0.05) is 17.7 Å². The Hall–Kier alpha value is -2.28. The Morgan fingerprint density at radius 1 is 1.09 bits per heavy atom. The van der Waals surface area contributed by atoms with E-state index in [0.717, 1.165) is 11.6 Å². The number of hydrogen-bond donors (Lipinski definition) is 1. The smallest absolute Gasteiger partial charge is 0.207 e. The summed E-state index contributed by atoms with van der Waals surface area (Å²) in [7, 11) is -3.84. The van der Waals surface area contributed by atoms with Crippen molar-refractivity contribution < 1.29 is 17.2 Å². The normalized spacial score (nSPS) is 12.3. The van der Waals surface area contributed by atoms with Crippen LogP contribution in [0.15, 0.2) is 52.5 Å². The van der Waals surface area contributed by atoms with Crippen LogP contribution in [0.1, 0.15) is 18.1 Å². The number of aryl methyl sites for hydroxylation is 1. The molecule has 0 fully saturated rings. The van der Waals surface area contributed by atoms with Gasteiger partial charge in [-0.25, -0.2) is 8.78 Å². The lowest BCUT2D eigenvalue weighted by molar-refractivity contribution is 0.579. The predicted molar refractivity (Wildman–Crippen MR) is 80.1 cm³/mol. The molecule has 0 aliphatic carbocycles. The largest absolute Gasteiger partial charge is 0.276 e. The number of sulfonamides is 1. The second kappa shape index (κ2) is 6.23. The molecule has 0 spiro atoms. The molecule has 0 bridgehead atoms. The van der Waals surface area contributed by atoms with Crippen molar-refractivity contribution in [2.45, 2.75) is 18.7 Å². The second-order valence-electron chi connectivity index (χ2n) is 4.73. The van der Waals surface area contributed by atoms with Crippen molar-refractivity contribution in [1.82, 2.24) is 4.83 Å². The summed E-state index contributed by atoms with van der Waals surface area (Å²) in [5.41, 5.74) is 1.04. The first kappa shape index (κ1) is 16.1. The number of benzene rings is 2. The zero-order valence-electron chi connectivity index (χ0n) is 12.0. The fraction of sp³-hybridized carbons (Fsp3) is 0.133. The lowest BCUT2D eigenvalue weighted by atomic mass is 10.1. The standard InChI is InChI=1S/C15H14F2N2O2S/c1-10-3-6-13(7-4-10)22(20,21)19-18-11(2)14-8-5-12(16)9-15(14)17/h3-9,19H,1-2H3/b18-11+. The summed E-state index contributed by atoms with van der Waals surface area (Å²) in [5.74, 6) is -1.52. The summed E-state index contributed by atoms with van der Waals surface area (Å²) >= 11 is 0. The molecule has 0 saturated carbocycles. The van der Waals surface area contributed by atoms with E-state index in [4.69, 9.17) is 0 Å². The summed E-state index contributed by atoms with van der Waals surface area (Å²) in [6.45, 7) is 3.26. The number of hydrogen-bond acceptors (Lipinski definition) is 3. The molecule has 22 heavy (non-hydrogen) atoms. The van der Waals surface area contributed by atoms with E-state index in [1.165, 1.54) is 25.1 Å². The molecule has 2 rings (SSSR count). The van der Waals surface area contributed by atoms with E-state index in [-0.39, 0.29) is 16.2 Å². The molecule has 2 aromatic carbocycles. The number of halogens is 2. The minimum Gasteiger partial charge on any atom is -0.207 e. The summed E-state index contributed by atoms with van der Waals surface area (Å²) < 4.78 is 50.5. The molecule has 0 radical (unpaired) electrons. The minimum atomic E-state index is -3.84. The van der Waals surface area contributed by atoms with Crippen molar-refractivity contribution >= 4 is 15.7 Å². The molecular weight excluding hydrogens is 310 g/mol. The summed E-state index contributed by atoms with van der Waals surface area (Å²) in [4.78, 5) is 2.08. The van der Waals surface area contributed by atoms with Crippen molar-refractivity contribution in [3.63, 3.8) is 0 Å². The molecule has 2 aromatic rings. The zero-order chi connectivity index (χ0) is 16.3. The number of rotatable bonds is 4. The van der Waals surface area contributed by atoms with Gasteiger partial charge in [0.05, 0.1) is 10.6 Å². The molecule has 0 aliphatic heterocycles. The van der Waals surface area contributed by atoms with Crippen LogP contribution in [-0.2, 0) is 10.0 Å². The van der Waals surface area contributed by atoms with E-state index < -0.39 is 21.7 Å². The van der Waals surface area contributed by atoms with Crippen LogP contribution in [0.3, 0.4) is 0 Å². The number of nitrogens with one attached hydrogen (secondary N) is 1. The Morgan fingerprint density at radius 3 is 2.32 bits per heavy atom. The van der Waals surface area contributed by atoms with E-state index >= 15 is 0 Å². The van der Waals surface area contributed by atoms with Crippen molar-refractivity contribution in [1.29, 1.82) is 0 Å². The van der Waals surface area contributed by atoms with Crippen LogP contribution in [0.25, 0.3) is 0 Å². The number of hydrazone groups is 1. The van der Waals surface area contributed by atoms with Gasteiger partial charge in [-0.3, -0.25) is 0 Å². The Kier molecular flexibility index (Phi) is 4.56. The first-order valence-corrected chi connectivity index (χ1v) is 7.86. The molecule has 1 N–H and O–H groups in total. The SMILES string of the molecule is C/C(=N\NS(=O)(=O)c1ccc(C)cc1)c1ccc(F)cc1F. The quantitative estimate of drug-likeness (QED) is 0.694. The molecule has 4 nitrogen and oxygen atoms in total. The molecule has 0 heterocycles. The average molecular weight is 324 g/mol. The van der Waals surface area contributed by atoms with E-state index in [0.29, 0.717) is 6.07 Å².